The monoisotopic (exact) mass is 622 g/mol. The molecule has 246 valence electrons. The zero-order valence-corrected chi connectivity index (χ0v) is 28.0. The van der Waals surface area contributed by atoms with Gasteiger partial charge in [-0.2, -0.15) is 4.98 Å². The third-order valence-electron chi connectivity index (χ3n) is 7.49. The van der Waals surface area contributed by atoms with E-state index >= 15 is 0 Å². The highest BCUT2D eigenvalue weighted by atomic mass is 16.6. The van der Waals surface area contributed by atoms with Crippen molar-refractivity contribution in [3.63, 3.8) is 0 Å². The number of aryl methyl sites for hydroxylation is 1. The Kier molecular flexibility index (Phi) is 11.3. The van der Waals surface area contributed by atoms with Crippen LogP contribution in [0.5, 0.6) is 0 Å². The molecule has 0 spiro atoms. The smallest absolute Gasteiger partial charge is 0.437 e. The van der Waals surface area contributed by atoms with Crippen molar-refractivity contribution in [2.75, 3.05) is 6.54 Å². The van der Waals surface area contributed by atoms with Crippen molar-refractivity contribution in [1.82, 2.24) is 24.9 Å². The highest BCUT2D eigenvalue weighted by Gasteiger charge is 2.35. The van der Waals surface area contributed by atoms with Crippen LogP contribution in [-0.4, -0.2) is 55.5 Å². The van der Waals surface area contributed by atoms with Gasteiger partial charge >= 0.3 is 12.2 Å². The number of nitrogens with zero attached hydrogens (tertiary/aromatic N) is 5. The first-order valence-corrected chi connectivity index (χ1v) is 16.3. The van der Waals surface area contributed by atoms with Gasteiger partial charge in [-0.25, -0.2) is 9.59 Å². The van der Waals surface area contributed by atoms with Crippen molar-refractivity contribution < 1.29 is 23.6 Å². The molecule has 1 N–H and O–H groups in total. The summed E-state index contributed by atoms with van der Waals surface area (Å²) in [4.78, 5) is 36.2. The SMILES string of the molecule is CCCCCCCCCn1cc(-c2noc([C@@H]3CCCN3C(=NC(=O)OC(C)(C)C)NC(=O)OC(C)(C)C)n2)c2ccccc21. The van der Waals surface area contributed by atoms with Gasteiger partial charge in [0, 0.05) is 35.8 Å². The largest absolute Gasteiger partial charge is 0.444 e. The Morgan fingerprint density at radius 3 is 2.40 bits per heavy atom. The molecule has 1 atom stereocenters. The van der Waals surface area contributed by atoms with Crippen LogP contribution in [0, 0.1) is 0 Å². The number of para-hydroxylation sites is 1. The third-order valence-corrected chi connectivity index (χ3v) is 7.49. The van der Waals surface area contributed by atoms with Crippen LogP contribution >= 0.6 is 0 Å². The van der Waals surface area contributed by atoms with Crippen molar-refractivity contribution in [1.29, 1.82) is 0 Å². The van der Waals surface area contributed by atoms with E-state index in [0.717, 1.165) is 35.9 Å². The number of aromatic nitrogens is 3. The number of hydrogen-bond acceptors (Lipinski definition) is 7. The lowest BCUT2D eigenvalue weighted by molar-refractivity contribution is 0.0553. The fourth-order valence-corrected chi connectivity index (χ4v) is 5.54. The van der Waals surface area contributed by atoms with Gasteiger partial charge in [0.15, 0.2) is 0 Å². The standard InChI is InChI=1S/C34H50N6O5/c1-8-9-10-11-12-13-16-21-39-23-25(24-18-14-15-19-26(24)39)28-35-29(45-38-28)27-20-17-22-40(27)30(36-31(41)43-33(2,3)4)37-32(42)44-34(5,6)7/h14-15,18-19,23,27H,8-13,16-17,20-22H2,1-7H3,(H,36,37,41,42)/t27-/m0/s1. The maximum absolute atomic E-state index is 12.8. The molecule has 11 heteroatoms. The summed E-state index contributed by atoms with van der Waals surface area (Å²) in [6, 6.07) is 7.88. The van der Waals surface area contributed by atoms with Crippen molar-refractivity contribution in [3.05, 3.63) is 36.4 Å². The van der Waals surface area contributed by atoms with E-state index < -0.39 is 29.4 Å². The molecule has 0 unspecified atom stereocenters. The summed E-state index contributed by atoms with van der Waals surface area (Å²) in [5.74, 6) is 0.901. The van der Waals surface area contributed by atoms with E-state index in [4.69, 9.17) is 19.0 Å². The predicted octanol–water partition coefficient (Wildman–Crippen LogP) is 8.39. The maximum atomic E-state index is 12.8. The Hall–Kier alpha value is -3.89. The number of carbonyl (C=O) groups excluding carboxylic acids is 2. The number of amides is 2. The predicted molar refractivity (Wildman–Crippen MR) is 175 cm³/mol. The van der Waals surface area contributed by atoms with Crippen molar-refractivity contribution in [3.8, 4) is 11.4 Å². The quantitative estimate of drug-likeness (QED) is 0.136. The van der Waals surface area contributed by atoms with Crippen LogP contribution in [0.4, 0.5) is 9.59 Å². The number of benzene rings is 1. The van der Waals surface area contributed by atoms with Crippen LogP contribution in [0.1, 0.15) is 118 Å². The number of ether oxygens (including phenoxy) is 2. The summed E-state index contributed by atoms with van der Waals surface area (Å²) in [6.45, 7) is 14.2. The summed E-state index contributed by atoms with van der Waals surface area (Å²) in [5, 5.41) is 8.10. The molecule has 2 aromatic heterocycles. The van der Waals surface area contributed by atoms with Crippen LogP contribution < -0.4 is 5.32 Å². The second kappa shape index (κ2) is 14.9. The molecule has 2 amide bonds. The summed E-state index contributed by atoms with van der Waals surface area (Å²) in [5.41, 5.74) is 0.557. The van der Waals surface area contributed by atoms with E-state index in [1.807, 2.05) is 6.07 Å². The molecule has 1 aliphatic heterocycles. The highest BCUT2D eigenvalue weighted by Crippen LogP contribution is 2.34. The Morgan fingerprint density at radius 2 is 1.69 bits per heavy atom. The minimum absolute atomic E-state index is 0.0204. The first-order valence-electron chi connectivity index (χ1n) is 16.3. The van der Waals surface area contributed by atoms with E-state index in [1.54, 1.807) is 46.4 Å². The van der Waals surface area contributed by atoms with Crippen molar-refractivity contribution >= 4 is 29.0 Å². The molecule has 0 bridgehead atoms. The van der Waals surface area contributed by atoms with Gasteiger partial charge in [0.1, 0.15) is 17.2 Å². The van der Waals surface area contributed by atoms with Crippen LogP contribution in [0.15, 0.2) is 40.0 Å². The Labute approximate surface area is 266 Å². The molecule has 0 saturated carbocycles. The summed E-state index contributed by atoms with van der Waals surface area (Å²) in [7, 11) is 0. The van der Waals surface area contributed by atoms with Gasteiger partial charge in [-0.1, -0.05) is 68.8 Å². The number of hydrogen-bond donors (Lipinski definition) is 1. The van der Waals surface area contributed by atoms with E-state index in [2.05, 4.69) is 51.4 Å². The molecule has 45 heavy (non-hydrogen) atoms. The molecule has 1 saturated heterocycles. The average molecular weight is 623 g/mol. The first-order chi connectivity index (χ1) is 21.3. The molecule has 0 aliphatic carbocycles. The van der Waals surface area contributed by atoms with Crippen molar-refractivity contribution in [2.24, 2.45) is 4.99 Å². The molecule has 3 heterocycles. The van der Waals surface area contributed by atoms with Gasteiger partial charge in [0.05, 0.1) is 0 Å². The number of alkyl carbamates (subject to hydrolysis) is 1. The molecular weight excluding hydrogens is 572 g/mol. The number of nitrogens with one attached hydrogen (secondary N) is 1. The van der Waals surface area contributed by atoms with Gasteiger partial charge in [-0.05, 0) is 66.9 Å². The van der Waals surface area contributed by atoms with E-state index in [-0.39, 0.29) is 5.96 Å². The van der Waals surface area contributed by atoms with E-state index in [9.17, 15) is 9.59 Å². The molecule has 4 rings (SSSR count). The number of unbranched alkanes of at least 4 members (excludes halogenated alkanes) is 6. The van der Waals surface area contributed by atoms with Crippen LogP contribution in [0.25, 0.3) is 22.3 Å². The van der Waals surface area contributed by atoms with Gasteiger partial charge in [-0.15, -0.1) is 4.99 Å². The van der Waals surface area contributed by atoms with E-state index in [1.165, 1.54) is 38.5 Å². The zero-order chi connectivity index (χ0) is 32.6. The van der Waals surface area contributed by atoms with Gasteiger partial charge in [0.2, 0.25) is 17.7 Å². The third kappa shape index (κ3) is 9.80. The number of guanidine groups is 1. The topological polar surface area (TPSA) is 124 Å². The number of carbonyl (C=O) groups is 2. The second-order valence-electron chi connectivity index (χ2n) is 13.7. The van der Waals surface area contributed by atoms with Crippen LogP contribution in [0.2, 0.25) is 0 Å². The fourth-order valence-electron chi connectivity index (χ4n) is 5.54. The average Bonchev–Trinajstić information content (AvgIpc) is 3.69. The second-order valence-corrected chi connectivity index (χ2v) is 13.7. The molecule has 11 nitrogen and oxygen atoms in total. The molecule has 1 aromatic carbocycles. The minimum atomic E-state index is -0.820. The fraction of sp³-hybridized carbons (Fsp3) is 0.618. The number of likely N-dealkylation sites (tertiary alicyclic amines) is 1. The minimum Gasteiger partial charge on any atom is -0.444 e. The zero-order valence-electron chi connectivity index (χ0n) is 28.0. The van der Waals surface area contributed by atoms with Gasteiger partial charge < -0.3 is 23.5 Å². The van der Waals surface area contributed by atoms with Crippen molar-refractivity contribution in [2.45, 2.75) is 130 Å². The van der Waals surface area contributed by atoms with Crippen LogP contribution in [0.3, 0.4) is 0 Å². The lowest BCUT2D eigenvalue weighted by Crippen LogP contribution is -2.46. The lowest BCUT2D eigenvalue weighted by Gasteiger charge is -2.27. The normalized spacial score (nSPS) is 15.9. The lowest BCUT2D eigenvalue weighted by atomic mass is 10.1. The first kappa shape index (κ1) is 34.0. The van der Waals surface area contributed by atoms with E-state index in [0.29, 0.717) is 24.7 Å². The summed E-state index contributed by atoms with van der Waals surface area (Å²) < 4.78 is 19.0. The highest BCUT2D eigenvalue weighted by molar-refractivity contribution is 5.99. The Bertz CT molecular complexity index is 1460. The molecule has 1 fully saturated rings. The molecule has 3 aromatic rings. The van der Waals surface area contributed by atoms with Crippen LogP contribution in [-0.2, 0) is 16.0 Å². The summed E-state index contributed by atoms with van der Waals surface area (Å²) in [6.07, 6.45) is 10.8. The number of aliphatic imine (C=N–C) groups is 1. The summed E-state index contributed by atoms with van der Waals surface area (Å²) >= 11 is 0. The maximum Gasteiger partial charge on any atom is 0.437 e. The number of rotatable bonds is 10. The molecule has 1 aliphatic rings. The van der Waals surface area contributed by atoms with Gasteiger partial charge in [0.25, 0.3) is 0 Å². The Balaban J connectivity index is 1.55. The number of fused-ring (bicyclic) bond motifs is 1. The Morgan fingerprint density at radius 1 is 1.00 bits per heavy atom. The molecule has 0 radical (unpaired) electrons. The molecular formula is C34H50N6O5. The van der Waals surface area contributed by atoms with Gasteiger partial charge in [-0.3, -0.25) is 5.32 Å².